The normalized spacial score (nSPS) is 26.3. The number of carbonyl (C=O) groups is 1. The van der Waals surface area contributed by atoms with Gasteiger partial charge < -0.3 is 5.32 Å². The van der Waals surface area contributed by atoms with Crippen LogP contribution in [0.15, 0.2) is 28.7 Å². The molecule has 0 spiro atoms. The van der Waals surface area contributed by atoms with Crippen molar-refractivity contribution < 1.29 is 4.79 Å². The summed E-state index contributed by atoms with van der Waals surface area (Å²) in [6, 6.07) is 8.10. The van der Waals surface area contributed by atoms with E-state index in [4.69, 9.17) is 0 Å². The second kappa shape index (κ2) is 3.39. The highest BCUT2D eigenvalue weighted by Crippen LogP contribution is 2.31. The molecule has 1 heterocycles. The quantitative estimate of drug-likeness (QED) is 0.819. The summed E-state index contributed by atoms with van der Waals surface area (Å²) in [5.41, 5.74) is 0.985. The van der Waals surface area contributed by atoms with Crippen molar-refractivity contribution in [3.63, 3.8) is 0 Å². The summed E-state index contributed by atoms with van der Waals surface area (Å²) < 4.78 is 1.05. The fourth-order valence-electron chi connectivity index (χ4n) is 1.84. The van der Waals surface area contributed by atoms with Crippen molar-refractivity contribution in [2.24, 2.45) is 0 Å². The second-order valence-corrected chi connectivity index (χ2v) is 4.81. The lowest BCUT2D eigenvalue weighted by Crippen LogP contribution is -2.35. The third kappa shape index (κ3) is 1.69. The summed E-state index contributed by atoms with van der Waals surface area (Å²) in [5.74, 6) is 0.146. The average Bonchev–Trinajstić information content (AvgIpc) is 2.48. The van der Waals surface area contributed by atoms with Gasteiger partial charge in [-0.2, -0.15) is 0 Å². The van der Waals surface area contributed by atoms with Crippen molar-refractivity contribution >= 4 is 21.8 Å². The van der Waals surface area contributed by atoms with Crippen LogP contribution in [0.2, 0.25) is 0 Å². The lowest BCUT2D eigenvalue weighted by Gasteiger charge is -2.24. The van der Waals surface area contributed by atoms with Crippen molar-refractivity contribution in [3.8, 4) is 0 Å². The van der Waals surface area contributed by atoms with E-state index in [1.165, 1.54) is 0 Å². The van der Waals surface area contributed by atoms with Crippen molar-refractivity contribution in [1.29, 1.82) is 0 Å². The SMILES string of the molecule is CC1(c2cccc(Br)c2)CCC(=O)N1. The van der Waals surface area contributed by atoms with Crippen molar-refractivity contribution in [3.05, 3.63) is 34.3 Å². The molecule has 1 atom stereocenters. The summed E-state index contributed by atoms with van der Waals surface area (Å²) in [7, 11) is 0. The fourth-order valence-corrected chi connectivity index (χ4v) is 2.24. The highest BCUT2D eigenvalue weighted by molar-refractivity contribution is 9.10. The fraction of sp³-hybridized carbons (Fsp3) is 0.364. The van der Waals surface area contributed by atoms with Crippen LogP contribution < -0.4 is 5.32 Å². The summed E-state index contributed by atoms with van der Waals surface area (Å²) in [6.45, 7) is 2.07. The van der Waals surface area contributed by atoms with E-state index in [-0.39, 0.29) is 11.4 Å². The molecule has 74 valence electrons. The van der Waals surface area contributed by atoms with Gasteiger partial charge >= 0.3 is 0 Å². The summed E-state index contributed by atoms with van der Waals surface area (Å²) in [4.78, 5) is 11.2. The third-order valence-corrected chi connectivity index (χ3v) is 3.22. The van der Waals surface area contributed by atoms with Crippen LogP contribution in [0.5, 0.6) is 0 Å². The molecular weight excluding hydrogens is 242 g/mol. The molecule has 2 rings (SSSR count). The van der Waals surface area contributed by atoms with Crippen LogP contribution in [-0.2, 0) is 10.3 Å². The smallest absolute Gasteiger partial charge is 0.220 e. The van der Waals surface area contributed by atoms with Gasteiger partial charge in [-0.1, -0.05) is 28.1 Å². The first kappa shape index (κ1) is 9.71. The Bertz CT molecular complexity index is 377. The van der Waals surface area contributed by atoms with Gasteiger partial charge in [-0.05, 0) is 31.0 Å². The van der Waals surface area contributed by atoms with Crippen LogP contribution >= 0.6 is 15.9 Å². The molecule has 0 aromatic heterocycles. The Labute approximate surface area is 91.8 Å². The number of rotatable bonds is 1. The molecule has 2 nitrogen and oxygen atoms in total. The zero-order valence-corrected chi connectivity index (χ0v) is 9.60. The van der Waals surface area contributed by atoms with E-state index in [9.17, 15) is 4.79 Å². The Morgan fingerprint density at radius 2 is 2.29 bits per heavy atom. The van der Waals surface area contributed by atoms with Crippen LogP contribution in [0.4, 0.5) is 0 Å². The van der Waals surface area contributed by atoms with Gasteiger partial charge in [0.2, 0.25) is 5.91 Å². The van der Waals surface area contributed by atoms with Crippen LogP contribution in [0.1, 0.15) is 25.3 Å². The highest BCUT2D eigenvalue weighted by Gasteiger charge is 2.34. The van der Waals surface area contributed by atoms with E-state index < -0.39 is 0 Å². The number of carbonyl (C=O) groups excluding carboxylic acids is 1. The lowest BCUT2D eigenvalue weighted by molar-refractivity contribution is -0.119. The molecule has 0 saturated carbocycles. The minimum absolute atomic E-state index is 0.146. The van der Waals surface area contributed by atoms with E-state index in [2.05, 4.69) is 40.3 Å². The van der Waals surface area contributed by atoms with Gasteiger partial charge in [-0.25, -0.2) is 0 Å². The van der Waals surface area contributed by atoms with Gasteiger partial charge in [0.05, 0.1) is 5.54 Å². The van der Waals surface area contributed by atoms with Crippen molar-refractivity contribution in [2.45, 2.75) is 25.3 Å². The molecule has 1 N–H and O–H groups in total. The molecule has 0 bridgehead atoms. The second-order valence-electron chi connectivity index (χ2n) is 3.89. The zero-order valence-electron chi connectivity index (χ0n) is 8.01. The van der Waals surface area contributed by atoms with Gasteiger partial charge in [-0.3, -0.25) is 4.79 Å². The monoisotopic (exact) mass is 253 g/mol. The first-order valence-electron chi connectivity index (χ1n) is 4.67. The van der Waals surface area contributed by atoms with Crippen LogP contribution in [0, 0.1) is 0 Å². The molecule has 3 heteroatoms. The first-order chi connectivity index (χ1) is 6.60. The van der Waals surface area contributed by atoms with E-state index in [0.29, 0.717) is 6.42 Å². The maximum absolute atomic E-state index is 11.2. The highest BCUT2D eigenvalue weighted by atomic mass is 79.9. The first-order valence-corrected chi connectivity index (χ1v) is 5.46. The summed E-state index contributed by atoms with van der Waals surface area (Å²) in [5, 5.41) is 3.01. The summed E-state index contributed by atoms with van der Waals surface area (Å²) >= 11 is 3.44. The molecule has 1 fully saturated rings. The zero-order chi connectivity index (χ0) is 10.2. The molecule has 0 aliphatic carbocycles. The minimum atomic E-state index is -0.180. The molecular formula is C11H12BrNO. The lowest BCUT2D eigenvalue weighted by atomic mass is 9.91. The molecule has 1 aromatic rings. The Morgan fingerprint density at radius 3 is 2.86 bits per heavy atom. The molecule has 1 unspecified atom stereocenters. The van der Waals surface area contributed by atoms with Gasteiger partial charge in [0.15, 0.2) is 0 Å². The maximum Gasteiger partial charge on any atom is 0.220 e. The van der Waals surface area contributed by atoms with Crippen molar-refractivity contribution in [2.75, 3.05) is 0 Å². The molecule has 14 heavy (non-hydrogen) atoms. The van der Waals surface area contributed by atoms with Crippen LogP contribution in [0.3, 0.4) is 0 Å². The third-order valence-electron chi connectivity index (χ3n) is 2.73. The Balaban J connectivity index is 2.34. The van der Waals surface area contributed by atoms with Crippen molar-refractivity contribution in [1.82, 2.24) is 5.32 Å². The number of benzene rings is 1. The number of hydrogen-bond donors (Lipinski definition) is 1. The number of nitrogens with one attached hydrogen (secondary N) is 1. The molecule has 1 aliphatic rings. The topological polar surface area (TPSA) is 29.1 Å². The Morgan fingerprint density at radius 1 is 1.50 bits per heavy atom. The van der Waals surface area contributed by atoms with E-state index in [0.717, 1.165) is 16.5 Å². The predicted octanol–water partition coefficient (Wildman–Crippen LogP) is 2.57. The molecule has 1 saturated heterocycles. The van der Waals surface area contributed by atoms with Gasteiger partial charge in [0, 0.05) is 10.9 Å². The predicted molar refractivity (Wildman–Crippen MR) is 58.9 cm³/mol. The van der Waals surface area contributed by atoms with Gasteiger partial charge in [-0.15, -0.1) is 0 Å². The molecule has 1 aliphatic heterocycles. The standard InChI is InChI=1S/C11H12BrNO/c1-11(6-5-10(14)13-11)8-3-2-4-9(12)7-8/h2-4,7H,5-6H2,1H3,(H,13,14). The molecule has 0 radical (unpaired) electrons. The van der Waals surface area contributed by atoms with Gasteiger partial charge in [0.1, 0.15) is 0 Å². The number of amides is 1. The largest absolute Gasteiger partial charge is 0.347 e. The summed E-state index contributed by atoms with van der Waals surface area (Å²) in [6.07, 6.45) is 1.51. The van der Waals surface area contributed by atoms with E-state index >= 15 is 0 Å². The molecule has 1 amide bonds. The van der Waals surface area contributed by atoms with E-state index in [1.54, 1.807) is 0 Å². The molecule has 1 aromatic carbocycles. The Hall–Kier alpha value is -0.830. The van der Waals surface area contributed by atoms with Crippen LogP contribution in [-0.4, -0.2) is 5.91 Å². The van der Waals surface area contributed by atoms with Gasteiger partial charge in [0.25, 0.3) is 0 Å². The van der Waals surface area contributed by atoms with Crippen LogP contribution in [0.25, 0.3) is 0 Å². The minimum Gasteiger partial charge on any atom is -0.347 e. The Kier molecular flexibility index (Phi) is 2.35. The van der Waals surface area contributed by atoms with E-state index in [1.807, 2.05) is 12.1 Å². The number of hydrogen-bond acceptors (Lipinski definition) is 1. The maximum atomic E-state index is 11.2. The number of halogens is 1. The average molecular weight is 254 g/mol.